The number of aryl methyl sites for hydroxylation is 1. The highest BCUT2D eigenvalue weighted by molar-refractivity contribution is 7.13. The van der Waals surface area contributed by atoms with E-state index in [9.17, 15) is 4.79 Å². The summed E-state index contributed by atoms with van der Waals surface area (Å²) in [7, 11) is 0. The molecule has 0 amide bonds. The predicted octanol–water partition coefficient (Wildman–Crippen LogP) is 1.67. The van der Waals surface area contributed by atoms with Crippen LogP contribution in [0.15, 0.2) is 23.7 Å². The van der Waals surface area contributed by atoms with Crippen molar-refractivity contribution in [1.29, 1.82) is 0 Å². The van der Waals surface area contributed by atoms with Gasteiger partial charge in [0.1, 0.15) is 6.04 Å². The summed E-state index contributed by atoms with van der Waals surface area (Å²) in [5.41, 5.74) is 7.53. The fourth-order valence-electron chi connectivity index (χ4n) is 1.28. The Balaban J connectivity index is 2.11. The van der Waals surface area contributed by atoms with Crippen molar-refractivity contribution in [2.45, 2.75) is 13.0 Å². The Bertz CT molecular complexity index is 552. The van der Waals surface area contributed by atoms with Crippen LogP contribution >= 0.6 is 11.3 Å². The van der Waals surface area contributed by atoms with E-state index in [0.29, 0.717) is 10.8 Å². The Morgan fingerprint density at radius 2 is 2.33 bits per heavy atom. The number of thiazole rings is 1. The molecule has 0 saturated heterocycles. The summed E-state index contributed by atoms with van der Waals surface area (Å²) in [5, 5.41) is 14.0. The zero-order valence-corrected chi connectivity index (χ0v) is 10.4. The maximum atomic E-state index is 10.7. The van der Waals surface area contributed by atoms with Crippen molar-refractivity contribution in [2.24, 2.45) is 5.73 Å². The number of hydrogen-bond donors (Lipinski definition) is 3. The first-order valence-electron chi connectivity index (χ1n) is 5.20. The number of anilines is 2. The molecule has 6 nitrogen and oxygen atoms in total. The van der Waals surface area contributed by atoms with Crippen molar-refractivity contribution in [3.05, 3.63) is 35.1 Å². The maximum absolute atomic E-state index is 10.7. The van der Waals surface area contributed by atoms with Gasteiger partial charge < -0.3 is 16.2 Å². The van der Waals surface area contributed by atoms with E-state index in [1.54, 1.807) is 11.6 Å². The molecule has 2 heterocycles. The number of carboxylic acid groups (broad SMARTS) is 1. The van der Waals surface area contributed by atoms with Crippen molar-refractivity contribution in [3.8, 4) is 0 Å². The molecule has 0 fully saturated rings. The minimum Gasteiger partial charge on any atom is -0.480 e. The first kappa shape index (κ1) is 12.5. The van der Waals surface area contributed by atoms with Crippen molar-refractivity contribution in [1.82, 2.24) is 9.97 Å². The van der Waals surface area contributed by atoms with E-state index in [4.69, 9.17) is 10.8 Å². The molecule has 2 aromatic rings. The molecule has 0 bridgehead atoms. The lowest BCUT2D eigenvalue weighted by Crippen LogP contribution is -2.20. The van der Waals surface area contributed by atoms with Crippen LogP contribution < -0.4 is 11.1 Å². The van der Waals surface area contributed by atoms with E-state index in [-0.39, 0.29) is 0 Å². The standard InChI is InChI=1S/C11H12N4O2S/c1-6-2-3-7(4-13-6)14-11-15-8(5-18-11)9(12)10(16)17/h2-5,9H,12H2,1H3,(H,14,15)(H,16,17). The van der Waals surface area contributed by atoms with Gasteiger partial charge in [-0.05, 0) is 19.1 Å². The summed E-state index contributed by atoms with van der Waals surface area (Å²) in [6.45, 7) is 1.90. The Morgan fingerprint density at radius 3 is 2.94 bits per heavy atom. The largest absolute Gasteiger partial charge is 0.480 e. The molecule has 4 N–H and O–H groups in total. The van der Waals surface area contributed by atoms with Crippen LogP contribution in [-0.2, 0) is 4.79 Å². The van der Waals surface area contributed by atoms with Gasteiger partial charge in [-0.15, -0.1) is 11.3 Å². The van der Waals surface area contributed by atoms with Gasteiger partial charge in [-0.2, -0.15) is 0 Å². The van der Waals surface area contributed by atoms with Crippen LogP contribution in [0.4, 0.5) is 10.8 Å². The van der Waals surface area contributed by atoms with E-state index in [1.807, 2.05) is 19.1 Å². The molecule has 2 aromatic heterocycles. The molecule has 94 valence electrons. The molecule has 1 unspecified atom stereocenters. The molecule has 0 radical (unpaired) electrons. The fraction of sp³-hybridized carbons (Fsp3) is 0.182. The predicted molar refractivity (Wildman–Crippen MR) is 68.9 cm³/mol. The summed E-state index contributed by atoms with van der Waals surface area (Å²) < 4.78 is 0. The van der Waals surface area contributed by atoms with Gasteiger partial charge in [0, 0.05) is 11.1 Å². The van der Waals surface area contributed by atoms with Crippen molar-refractivity contribution in [3.63, 3.8) is 0 Å². The lowest BCUT2D eigenvalue weighted by atomic mass is 10.2. The lowest BCUT2D eigenvalue weighted by Gasteiger charge is -2.03. The third-order valence-corrected chi connectivity index (χ3v) is 3.05. The Kier molecular flexibility index (Phi) is 3.54. The fourth-order valence-corrected chi connectivity index (χ4v) is 2.04. The van der Waals surface area contributed by atoms with Gasteiger partial charge in [-0.1, -0.05) is 0 Å². The number of carboxylic acids is 1. The smallest absolute Gasteiger partial charge is 0.326 e. The summed E-state index contributed by atoms with van der Waals surface area (Å²) in [6, 6.07) is 2.66. The minimum absolute atomic E-state index is 0.343. The molecule has 18 heavy (non-hydrogen) atoms. The average molecular weight is 264 g/mol. The number of hydrogen-bond acceptors (Lipinski definition) is 6. The third kappa shape index (κ3) is 2.82. The average Bonchev–Trinajstić information content (AvgIpc) is 2.79. The van der Waals surface area contributed by atoms with Crippen molar-refractivity contribution < 1.29 is 9.90 Å². The van der Waals surface area contributed by atoms with E-state index < -0.39 is 12.0 Å². The van der Waals surface area contributed by atoms with Gasteiger partial charge in [-0.3, -0.25) is 9.78 Å². The third-order valence-electron chi connectivity index (χ3n) is 2.27. The van der Waals surface area contributed by atoms with E-state index in [1.165, 1.54) is 11.3 Å². The molecule has 1 atom stereocenters. The number of rotatable bonds is 4. The highest BCUT2D eigenvalue weighted by atomic mass is 32.1. The molecule has 7 heteroatoms. The molecule has 0 saturated carbocycles. The minimum atomic E-state index is -1.09. The van der Waals surface area contributed by atoms with Crippen LogP contribution in [0, 0.1) is 6.92 Å². The van der Waals surface area contributed by atoms with Gasteiger partial charge in [0.2, 0.25) is 0 Å². The van der Waals surface area contributed by atoms with Gasteiger partial charge in [0.15, 0.2) is 5.13 Å². The molecular formula is C11H12N4O2S. The molecule has 0 aliphatic rings. The van der Waals surface area contributed by atoms with E-state index >= 15 is 0 Å². The Labute approximate surface area is 108 Å². The second kappa shape index (κ2) is 5.11. The highest BCUT2D eigenvalue weighted by Gasteiger charge is 2.17. The van der Waals surface area contributed by atoms with Crippen molar-refractivity contribution in [2.75, 3.05) is 5.32 Å². The van der Waals surface area contributed by atoms with E-state index in [0.717, 1.165) is 11.4 Å². The molecule has 0 aliphatic heterocycles. The molecule has 0 aromatic carbocycles. The van der Waals surface area contributed by atoms with Crippen LogP contribution in [0.1, 0.15) is 17.4 Å². The summed E-state index contributed by atoms with van der Waals surface area (Å²) in [5.74, 6) is -1.09. The highest BCUT2D eigenvalue weighted by Crippen LogP contribution is 2.23. The number of nitrogens with two attached hydrogens (primary N) is 1. The van der Waals surface area contributed by atoms with Crippen LogP contribution in [-0.4, -0.2) is 21.0 Å². The molecule has 0 aliphatic carbocycles. The number of pyridine rings is 1. The Morgan fingerprint density at radius 1 is 1.56 bits per heavy atom. The second-order valence-electron chi connectivity index (χ2n) is 3.71. The molecular weight excluding hydrogens is 252 g/mol. The van der Waals surface area contributed by atoms with Crippen LogP contribution in [0.25, 0.3) is 0 Å². The maximum Gasteiger partial charge on any atom is 0.326 e. The van der Waals surface area contributed by atoms with Gasteiger partial charge in [-0.25, -0.2) is 4.98 Å². The first-order valence-corrected chi connectivity index (χ1v) is 6.07. The van der Waals surface area contributed by atoms with Crippen molar-refractivity contribution >= 4 is 28.1 Å². The first-order chi connectivity index (χ1) is 8.56. The summed E-state index contributed by atoms with van der Waals surface area (Å²) >= 11 is 1.30. The number of aliphatic carboxylic acids is 1. The normalized spacial score (nSPS) is 12.1. The second-order valence-corrected chi connectivity index (χ2v) is 4.56. The monoisotopic (exact) mass is 264 g/mol. The van der Waals surface area contributed by atoms with Crippen LogP contribution in [0.5, 0.6) is 0 Å². The van der Waals surface area contributed by atoms with Crippen LogP contribution in [0.2, 0.25) is 0 Å². The number of aromatic nitrogens is 2. The van der Waals surface area contributed by atoms with Gasteiger partial charge in [0.05, 0.1) is 17.6 Å². The number of nitrogens with zero attached hydrogens (tertiary/aromatic N) is 2. The number of carbonyl (C=O) groups is 1. The number of nitrogens with one attached hydrogen (secondary N) is 1. The molecule has 0 spiro atoms. The summed E-state index contributed by atoms with van der Waals surface area (Å²) in [4.78, 5) is 19.0. The Hall–Kier alpha value is -1.99. The van der Waals surface area contributed by atoms with E-state index in [2.05, 4.69) is 15.3 Å². The topological polar surface area (TPSA) is 101 Å². The molecule has 2 rings (SSSR count). The quantitative estimate of drug-likeness (QED) is 0.776. The SMILES string of the molecule is Cc1ccc(Nc2nc(C(N)C(=O)O)cs2)cn1. The zero-order valence-electron chi connectivity index (χ0n) is 9.62. The van der Waals surface area contributed by atoms with Gasteiger partial charge in [0.25, 0.3) is 0 Å². The summed E-state index contributed by atoms with van der Waals surface area (Å²) in [6.07, 6.45) is 1.69. The van der Waals surface area contributed by atoms with Gasteiger partial charge >= 0.3 is 5.97 Å². The zero-order chi connectivity index (χ0) is 13.1. The van der Waals surface area contributed by atoms with Crippen LogP contribution in [0.3, 0.4) is 0 Å². The lowest BCUT2D eigenvalue weighted by molar-refractivity contribution is -0.138.